The topological polar surface area (TPSA) is 92.8 Å². The second kappa shape index (κ2) is 4.32. The predicted molar refractivity (Wildman–Crippen MR) is 32.2 cm³/mol. The van der Waals surface area contributed by atoms with Gasteiger partial charge in [-0.05, 0) is 5.53 Å². The fourth-order valence-electron chi connectivity index (χ4n) is 0.173. The lowest BCUT2D eigenvalue weighted by molar-refractivity contribution is 0.590. The van der Waals surface area contributed by atoms with Crippen LogP contribution in [0.2, 0.25) is 0 Å². The maximum atomic E-state index is 8.62. The summed E-state index contributed by atoms with van der Waals surface area (Å²) in [6.07, 6.45) is 0.0833. The van der Waals surface area contributed by atoms with Gasteiger partial charge < -0.3 is 10.2 Å². The van der Waals surface area contributed by atoms with Gasteiger partial charge in [-0.2, -0.15) is 0 Å². The number of hydrogen-bond acceptors (Lipinski definition) is 3. The van der Waals surface area contributed by atoms with Crippen molar-refractivity contribution in [1.29, 1.82) is 5.41 Å². The molecule has 0 aromatic heterocycles. The van der Waals surface area contributed by atoms with E-state index in [1.54, 1.807) is 0 Å². The Labute approximate surface area is 47.8 Å². The van der Waals surface area contributed by atoms with Gasteiger partial charge in [-0.3, -0.25) is 0 Å². The predicted octanol–water partition coefficient (Wildman–Crippen LogP) is -0.259. The molecular weight excluding hydrogens is 124 g/mol. The number of nitrogens with zero attached hydrogens (tertiary/aromatic N) is 3. The molecular formula is C2H6N4OSi. The van der Waals surface area contributed by atoms with Crippen molar-refractivity contribution in [2.75, 3.05) is 6.17 Å². The van der Waals surface area contributed by atoms with Crippen LogP contribution < -0.4 is 0 Å². The molecule has 0 heterocycles. The van der Waals surface area contributed by atoms with E-state index in [-0.39, 0.29) is 6.17 Å². The average Bonchev–Trinajstić information content (AvgIpc) is 1.83. The summed E-state index contributed by atoms with van der Waals surface area (Å²) in [5, 5.41) is 9.57. The van der Waals surface area contributed by atoms with E-state index in [1.807, 2.05) is 0 Å². The van der Waals surface area contributed by atoms with Gasteiger partial charge in [-0.15, -0.1) is 0 Å². The Balaban J connectivity index is 3.38. The van der Waals surface area contributed by atoms with Crippen LogP contribution in [-0.2, 0) is 0 Å². The van der Waals surface area contributed by atoms with Gasteiger partial charge in [0.05, 0.1) is 0 Å². The second-order valence-corrected chi connectivity index (χ2v) is 2.98. The number of azide groups is 1. The zero-order chi connectivity index (χ0) is 6.41. The quantitative estimate of drug-likeness (QED) is 0.178. The molecule has 0 bridgehead atoms. The normalized spacial score (nSPS) is 11.6. The standard InChI is InChI=1S/C2H6N4OSi/c3-1-8(7)2-5-6-4/h1,3,7-8H,2H2. The van der Waals surface area contributed by atoms with Crippen molar-refractivity contribution in [1.82, 2.24) is 0 Å². The van der Waals surface area contributed by atoms with Gasteiger partial charge in [0.1, 0.15) is 0 Å². The Morgan fingerprint density at radius 3 is 3.00 bits per heavy atom. The van der Waals surface area contributed by atoms with Crippen molar-refractivity contribution < 1.29 is 4.80 Å². The SMILES string of the molecule is [N-]=[N+]=NC[SiH](O)C=N. The average molecular weight is 130 g/mol. The zero-order valence-electron chi connectivity index (χ0n) is 4.15. The van der Waals surface area contributed by atoms with Crippen molar-refractivity contribution >= 4 is 14.9 Å². The van der Waals surface area contributed by atoms with Gasteiger partial charge in [0.15, 0.2) is 0 Å². The van der Waals surface area contributed by atoms with Crippen molar-refractivity contribution in [3.05, 3.63) is 10.4 Å². The van der Waals surface area contributed by atoms with Crippen LogP contribution in [0.1, 0.15) is 0 Å². The van der Waals surface area contributed by atoms with Crippen LogP contribution in [0.25, 0.3) is 10.4 Å². The Morgan fingerprint density at radius 2 is 2.62 bits per heavy atom. The molecule has 0 aliphatic carbocycles. The molecule has 0 aromatic carbocycles. The van der Waals surface area contributed by atoms with Crippen molar-refractivity contribution in [3.63, 3.8) is 0 Å². The van der Waals surface area contributed by atoms with Crippen LogP contribution in [0.3, 0.4) is 0 Å². The third kappa shape index (κ3) is 3.35. The first-order valence-corrected chi connectivity index (χ1v) is 4.00. The minimum absolute atomic E-state index is 0.0833. The van der Waals surface area contributed by atoms with E-state index in [9.17, 15) is 0 Å². The third-order valence-electron chi connectivity index (χ3n) is 0.524. The lowest BCUT2D eigenvalue weighted by Gasteiger charge is -1.89. The lowest BCUT2D eigenvalue weighted by Crippen LogP contribution is -2.17. The first-order valence-electron chi connectivity index (χ1n) is 2.00. The largest absolute Gasteiger partial charge is 0.429 e. The Kier molecular flexibility index (Phi) is 3.86. The minimum Gasteiger partial charge on any atom is -0.429 e. The Bertz CT molecular complexity index is 119. The van der Waals surface area contributed by atoms with Crippen LogP contribution in [-0.4, -0.2) is 25.8 Å². The van der Waals surface area contributed by atoms with E-state index < -0.39 is 9.04 Å². The molecule has 5 nitrogen and oxygen atoms in total. The molecule has 0 aliphatic heterocycles. The highest BCUT2D eigenvalue weighted by atomic mass is 28.3. The van der Waals surface area contributed by atoms with E-state index in [0.29, 0.717) is 0 Å². The molecule has 0 rings (SSSR count). The molecule has 1 atom stereocenters. The second-order valence-electron chi connectivity index (χ2n) is 1.15. The Hall–Kier alpha value is -0.843. The van der Waals surface area contributed by atoms with Crippen LogP contribution in [0.15, 0.2) is 5.11 Å². The van der Waals surface area contributed by atoms with Crippen molar-refractivity contribution in [2.45, 2.75) is 0 Å². The monoisotopic (exact) mass is 130 g/mol. The fraction of sp³-hybridized carbons (Fsp3) is 0.500. The number of rotatable bonds is 3. The smallest absolute Gasteiger partial charge is 0.220 e. The Morgan fingerprint density at radius 1 is 2.00 bits per heavy atom. The van der Waals surface area contributed by atoms with E-state index in [0.717, 1.165) is 5.84 Å². The molecule has 0 spiro atoms. The molecule has 2 N–H and O–H groups in total. The summed E-state index contributed by atoms with van der Waals surface area (Å²) >= 11 is 0. The molecule has 0 fully saturated rings. The van der Waals surface area contributed by atoms with Gasteiger partial charge in [0.25, 0.3) is 0 Å². The van der Waals surface area contributed by atoms with Gasteiger partial charge in [-0.25, -0.2) is 0 Å². The van der Waals surface area contributed by atoms with E-state index >= 15 is 0 Å². The fourth-order valence-corrected chi connectivity index (χ4v) is 0.519. The highest BCUT2D eigenvalue weighted by molar-refractivity contribution is 6.78. The molecule has 44 valence electrons. The van der Waals surface area contributed by atoms with Crippen LogP contribution >= 0.6 is 0 Å². The maximum absolute atomic E-state index is 8.62. The maximum Gasteiger partial charge on any atom is 0.220 e. The van der Waals surface area contributed by atoms with Crippen LogP contribution in [0.4, 0.5) is 0 Å². The van der Waals surface area contributed by atoms with E-state index in [4.69, 9.17) is 15.7 Å². The lowest BCUT2D eigenvalue weighted by atomic mass is 11.5. The summed E-state index contributed by atoms with van der Waals surface area (Å²) < 4.78 is 0. The molecule has 0 saturated heterocycles. The van der Waals surface area contributed by atoms with Crippen LogP contribution in [0, 0.1) is 5.41 Å². The first-order chi connectivity index (χ1) is 3.81. The molecule has 8 heavy (non-hydrogen) atoms. The molecule has 0 saturated carbocycles. The highest BCUT2D eigenvalue weighted by Crippen LogP contribution is 1.72. The highest BCUT2D eigenvalue weighted by Gasteiger charge is 1.96. The molecule has 0 radical (unpaired) electrons. The van der Waals surface area contributed by atoms with Gasteiger partial charge in [0, 0.05) is 16.9 Å². The van der Waals surface area contributed by atoms with Crippen LogP contribution in [0.5, 0.6) is 0 Å². The summed E-state index contributed by atoms with van der Waals surface area (Å²) in [6, 6.07) is 0. The first kappa shape index (κ1) is 7.16. The minimum atomic E-state index is -2.08. The van der Waals surface area contributed by atoms with E-state index in [2.05, 4.69) is 10.0 Å². The summed E-state index contributed by atoms with van der Waals surface area (Å²) in [6.45, 7) is 0. The molecule has 1 unspecified atom stereocenters. The van der Waals surface area contributed by atoms with Crippen molar-refractivity contribution in [2.24, 2.45) is 5.11 Å². The number of hydrogen-bond donors (Lipinski definition) is 2. The summed E-state index contributed by atoms with van der Waals surface area (Å²) in [7, 11) is -2.08. The summed E-state index contributed by atoms with van der Waals surface area (Å²) in [5.41, 5.74) is 7.70. The third-order valence-corrected chi connectivity index (χ3v) is 1.45. The van der Waals surface area contributed by atoms with Crippen molar-refractivity contribution in [3.8, 4) is 0 Å². The molecule has 0 aliphatic rings. The van der Waals surface area contributed by atoms with Gasteiger partial charge in [-0.1, -0.05) is 5.11 Å². The molecule has 6 heteroatoms. The van der Waals surface area contributed by atoms with Gasteiger partial charge >= 0.3 is 0 Å². The zero-order valence-corrected chi connectivity index (χ0v) is 5.31. The van der Waals surface area contributed by atoms with Gasteiger partial charge in [0.2, 0.25) is 9.04 Å². The molecule has 0 aromatic rings. The summed E-state index contributed by atoms with van der Waals surface area (Å²) in [4.78, 5) is 11.0. The summed E-state index contributed by atoms with van der Waals surface area (Å²) in [5.74, 6) is 0.953. The molecule has 0 amide bonds. The number of nitrogens with one attached hydrogen (secondary N) is 1. The van der Waals surface area contributed by atoms with E-state index in [1.165, 1.54) is 0 Å².